The van der Waals surface area contributed by atoms with E-state index in [0.717, 1.165) is 12.8 Å². The summed E-state index contributed by atoms with van der Waals surface area (Å²) in [6.45, 7) is 19.9. The first kappa shape index (κ1) is 41.2. The van der Waals surface area contributed by atoms with Crippen LogP contribution in [-0.4, -0.2) is 66.4 Å². The number of aliphatic carboxylic acids is 1. The Morgan fingerprint density at radius 2 is 1.43 bits per heavy atom. The molecule has 9 nitrogen and oxygen atoms in total. The lowest BCUT2D eigenvalue weighted by Gasteiger charge is -2.24. The fourth-order valence-corrected chi connectivity index (χ4v) is 3.94. The third-order valence-corrected chi connectivity index (χ3v) is 7.65. The summed E-state index contributed by atoms with van der Waals surface area (Å²) in [5, 5.41) is 8.08. The van der Waals surface area contributed by atoms with E-state index in [1.165, 1.54) is 11.6 Å². The number of rotatable bonds is 15. The number of carboxylic acid groups (broad SMARTS) is 1. The van der Waals surface area contributed by atoms with E-state index in [0.29, 0.717) is 37.7 Å². The van der Waals surface area contributed by atoms with Crippen LogP contribution in [0.1, 0.15) is 52.0 Å². The van der Waals surface area contributed by atoms with Gasteiger partial charge in [-0.05, 0) is 31.7 Å². The predicted octanol–water partition coefficient (Wildman–Crippen LogP) is 6.26. The summed E-state index contributed by atoms with van der Waals surface area (Å²) in [5.74, 6) is -1.61. The molecule has 0 atom stereocenters. The van der Waals surface area contributed by atoms with Gasteiger partial charge in [-0.25, -0.2) is 14.4 Å². The van der Waals surface area contributed by atoms with Crippen molar-refractivity contribution in [3.63, 3.8) is 0 Å². The number of esters is 2. The van der Waals surface area contributed by atoms with Crippen LogP contribution in [0.2, 0.25) is 6.04 Å². The molecule has 1 rings (SSSR count). The molecule has 0 aliphatic carbocycles. The molecule has 1 aromatic rings. The van der Waals surface area contributed by atoms with Gasteiger partial charge in [0.2, 0.25) is 0 Å². The lowest BCUT2D eigenvalue weighted by molar-refractivity contribution is -0.139. The van der Waals surface area contributed by atoms with Crippen LogP contribution in [0.15, 0.2) is 73.9 Å². The Bertz CT molecular complexity index is 870. The molecule has 0 amide bonds. The quantitative estimate of drug-likeness (QED) is 0.111. The molecule has 1 N–H and O–H groups in total. The van der Waals surface area contributed by atoms with Crippen molar-refractivity contribution in [3.05, 3.63) is 79.4 Å². The molecule has 40 heavy (non-hydrogen) atoms. The average molecular weight is 581 g/mol. The van der Waals surface area contributed by atoms with Crippen molar-refractivity contribution in [1.29, 1.82) is 0 Å². The van der Waals surface area contributed by atoms with Gasteiger partial charge in [0.25, 0.3) is 0 Å². The zero-order valence-electron chi connectivity index (χ0n) is 25.0. The molecule has 0 bridgehead atoms. The number of unbranched alkanes of at least 4 members (excludes halogenated alkanes) is 1. The number of ether oxygens (including phenoxy) is 2. The first-order valence-corrected chi connectivity index (χ1v) is 14.7. The highest BCUT2D eigenvalue weighted by Crippen LogP contribution is 2.15. The van der Waals surface area contributed by atoms with E-state index in [1.54, 1.807) is 35.2 Å². The highest BCUT2D eigenvalue weighted by atomic mass is 28.4. The summed E-state index contributed by atoms with van der Waals surface area (Å²) in [4.78, 5) is 31.2. The number of benzene rings is 1. The van der Waals surface area contributed by atoms with E-state index in [9.17, 15) is 14.4 Å². The van der Waals surface area contributed by atoms with Crippen molar-refractivity contribution in [2.45, 2.75) is 52.5 Å². The van der Waals surface area contributed by atoms with Crippen LogP contribution in [0.3, 0.4) is 0 Å². The maximum Gasteiger partial charge on any atom is 0.500 e. The van der Waals surface area contributed by atoms with Crippen LogP contribution in [0, 0.1) is 0 Å². The molecule has 0 saturated carbocycles. The van der Waals surface area contributed by atoms with Gasteiger partial charge in [-0.15, -0.1) is 0 Å². The van der Waals surface area contributed by atoms with E-state index in [-0.39, 0.29) is 17.5 Å². The fourth-order valence-electron chi connectivity index (χ4n) is 2.25. The van der Waals surface area contributed by atoms with Crippen molar-refractivity contribution in [3.8, 4) is 0 Å². The van der Waals surface area contributed by atoms with Crippen molar-refractivity contribution in [2.75, 3.05) is 34.5 Å². The minimum atomic E-state index is -2.53. The van der Waals surface area contributed by atoms with Gasteiger partial charge in [-0.3, -0.25) is 0 Å². The van der Waals surface area contributed by atoms with Crippen LogP contribution in [-0.2, 0) is 37.1 Å². The van der Waals surface area contributed by atoms with E-state index >= 15 is 0 Å². The molecule has 226 valence electrons. The standard InChI is InChI=1S/C10H20O5Si.C8H8.C7H12O2.C5H8O2/c1-9(2)10(11)15-7-6-8-16(12-3,13-4)14-5;1-2-8-6-4-3-5-7-8;1-3-5-6-9-7(8)4-2;1-3-4(2)5(6)7/h1,6-8H2,2-5H3;2-7H,1H2;4H,2-3,5-6H2,1H3;2-3H2,1H3,(H,6,7). The Hall–Kier alpha value is -3.31. The summed E-state index contributed by atoms with van der Waals surface area (Å²) in [5.41, 5.74) is 1.83. The molecular weight excluding hydrogens is 532 g/mol. The molecule has 0 fully saturated rings. The van der Waals surface area contributed by atoms with Gasteiger partial charge in [0.15, 0.2) is 0 Å². The third kappa shape index (κ3) is 23.8. The Kier molecular flexibility index (Phi) is 28.1. The zero-order chi connectivity index (χ0) is 31.4. The van der Waals surface area contributed by atoms with Crippen LogP contribution in [0.4, 0.5) is 0 Å². The molecule has 0 spiro atoms. The first-order chi connectivity index (χ1) is 18.9. The Labute approximate surface area is 241 Å². The van der Waals surface area contributed by atoms with Crippen molar-refractivity contribution < 1.29 is 42.2 Å². The molecule has 1 aromatic carbocycles. The summed E-state index contributed by atoms with van der Waals surface area (Å²) in [7, 11) is 2.13. The molecular formula is C30H48O9Si. The Balaban J connectivity index is -0.000000487. The SMILES string of the molecule is C=C(C)C(=O)OCCC[Si](OC)(OC)OC.C=C(CC)C(=O)O.C=CC(=O)OCCCC.C=Cc1ccccc1. The van der Waals surface area contributed by atoms with E-state index in [1.807, 2.05) is 43.3 Å². The first-order valence-electron chi connectivity index (χ1n) is 12.8. The number of carbonyl (C=O) groups is 3. The predicted molar refractivity (Wildman–Crippen MR) is 162 cm³/mol. The molecule has 10 heteroatoms. The second kappa shape index (κ2) is 27.3. The molecule has 0 aliphatic heterocycles. The van der Waals surface area contributed by atoms with Gasteiger partial charge in [0.1, 0.15) is 0 Å². The van der Waals surface area contributed by atoms with Gasteiger partial charge in [-0.1, -0.05) is 83.0 Å². The molecule has 0 aromatic heterocycles. The van der Waals surface area contributed by atoms with Crippen LogP contribution < -0.4 is 0 Å². The van der Waals surface area contributed by atoms with Crippen LogP contribution in [0.25, 0.3) is 6.08 Å². The Morgan fingerprint density at radius 1 is 0.900 bits per heavy atom. The molecule has 0 aliphatic rings. The summed E-state index contributed by atoms with van der Waals surface area (Å²) in [6, 6.07) is 10.6. The third-order valence-electron chi connectivity index (χ3n) is 4.82. The normalized spacial score (nSPS) is 9.55. The monoisotopic (exact) mass is 580 g/mol. The molecule has 0 heterocycles. The minimum absolute atomic E-state index is 0.264. The Morgan fingerprint density at radius 3 is 1.75 bits per heavy atom. The largest absolute Gasteiger partial charge is 0.500 e. The fraction of sp³-hybridized carbons (Fsp3) is 0.433. The lowest BCUT2D eigenvalue weighted by atomic mass is 10.2. The summed E-state index contributed by atoms with van der Waals surface area (Å²) < 4.78 is 25.3. The van der Waals surface area contributed by atoms with Gasteiger partial charge in [0.05, 0.1) is 13.2 Å². The smallest absolute Gasteiger partial charge is 0.478 e. The van der Waals surface area contributed by atoms with Crippen LogP contribution in [0.5, 0.6) is 0 Å². The van der Waals surface area contributed by atoms with E-state index in [4.69, 9.17) is 23.1 Å². The highest BCUT2D eigenvalue weighted by Gasteiger charge is 2.36. The van der Waals surface area contributed by atoms with E-state index < -0.39 is 14.8 Å². The lowest BCUT2D eigenvalue weighted by Crippen LogP contribution is -2.42. The molecule has 0 unspecified atom stereocenters. The van der Waals surface area contributed by atoms with Gasteiger partial charge < -0.3 is 27.9 Å². The zero-order valence-corrected chi connectivity index (χ0v) is 26.0. The van der Waals surface area contributed by atoms with Gasteiger partial charge >= 0.3 is 26.7 Å². The van der Waals surface area contributed by atoms with Gasteiger partial charge in [-0.2, -0.15) is 0 Å². The summed E-state index contributed by atoms with van der Waals surface area (Å²) in [6.07, 6.45) is 6.15. The number of hydrogen-bond acceptors (Lipinski definition) is 8. The number of hydrogen-bond donors (Lipinski definition) is 1. The highest BCUT2D eigenvalue weighted by molar-refractivity contribution is 6.60. The summed E-state index contributed by atoms with van der Waals surface area (Å²) >= 11 is 0. The van der Waals surface area contributed by atoms with Crippen molar-refractivity contribution in [1.82, 2.24) is 0 Å². The second-order valence-electron chi connectivity index (χ2n) is 7.92. The molecule has 0 radical (unpaired) electrons. The van der Waals surface area contributed by atoms with E-state index in [2.05, 4.69) is 31.1 Å². The second-order valence-corrected chi connectivity index (χ2v) is 11.0. The van der Waals surface area contributed by atoms with Crippen molar-refractivity contribution in [2.24, 2.45) is 0 Å². The number of carbonyl (C=O) groups excluding carboxylic acids is 2. The maximum absolute atomic E-state index is 11.1. The van der Waals surface area contributed by atoms with Gasteiger partial charge in [0, 0.05) is 44.6 Å². The van der Waals surface area contributed by atoms with Crippen molar-refractivity contribution >= 4 is 32.8 Å². The minimum Gasteiger partial charge on any atom is -0.478 e. The molecule has 0 saturated heterocycles. The van der Waals surface area contributed by atoms with Crippen LogP contribution >= 0.6 is 0 Å². The topological polar surface area (TPSA) is 118 Å². The average Bonchev–Trinajstić information content (AvgIpc) is 2.98. The maximum atomic E-state index is 11.1. The number of carboxylic acids is 1.